The topological polar surface area (TPSA) is 122 Å². The van der Waals surface area contributed by atoms with Gasteiger partial charge in [-0.15, -0.1) is 0 Å². The quantitative estimate of drug-likeness (QED) is 0.0266. The lowest BCUT2D eigenvalue weighted by Crippen LogP contribution is -2.50. The van der Waals surface area contributed by atoms with Crippen LogP contribution in [0.15, 0.2) is 0 Å². The third kappa shape index (κ3) is 31.3. The molecule has 0 saturated heterocycles. The Labute approximate surface area is 296 Å². The van der Waals surface area contributed by atoms with Gasteiger partial charge in [0.05, 0.1) is 0 Å². The number of rotatable bonds is 35. The molecule has 0 aliphatic rings. The normalized spacial score (nSPS) is 11.1. The molecule has 0 fully saturated rings. The van der Waals surface area contributed by atoms with Crippen molar-refractivity contribution in [2.75, 3.05) is 0 Å². The van der Waals surface area contributed by atoms with E-state index in [1.807, 2.05) is 5.43 Å². The minimum absolute atomic E-state index is 0.132. The summed E-state index contributed by atoms with van der Waals surface area (Å²) in [6.07, 6.45) is 37.5. The van der Waals surface area contributed by atoms with Crippen molar-refractivity contribution in [1.82, 2.24) is 15.9 Å². The summed E-state index contributed by atoms with van der Waals surface area (Å²) in [7, 11) is 0. The number of nitrogens with zero attached hydrogens (tertiary/aromatic N) is 1. The van der Waals surface area contributed by atoms with E-state index in [1.165, 1.54) is 148 Å². The minimum Gasteiger partial charge on any atom is -0.294 e. The second-order valence-electron chi connectivity index (χ2n) is 14.1. The maximum absolute atomic E-state index is 12.9. The third-order valence-electron chi connectivity index (χ3n) is 9.46. The Bertz CT molecular complexity index is 776. The highest BCUT2D eigenvalue weighted by Gasteiger charge is 2.23. The molecule has 0 bridgehead atoms. The molecule has 4 amide bonds. The summed E-state index contributed by atoms with van der Waals surface area (Å²) in [5.41, 5.74) is 4.54. The fourth-order valence-electron chi connectivity index (χ4n) is 6.27. The molecule has 0 saturated carbocycles. The Hall–Kier alpha value is -1.96. The molecule has 0 aromatic heterocycles. The molecule has 0 aliphatic carbocycles. The van der Waals surface area contributed by atoms with Gasteiger partial charge < -0.3 is 0 Å². The number of carbonyl (C=O) groups excluding carboxylic acids is 4. The lowest BCUT2D eigenvalue weighted by atomic mass is 10.0. The average Bonchev–Trinajstić information content (AvgIpc) is 3.09. The first-order valence-electron chi connectivity index (χ1n) is 20.6. The molecule has 0 radical (unpaired) electrons. The second-order valence-corrected chi connectivity index (χ2v) is 14.1. The van der Waals surface area contributed by atoms with Gasteiger partial charge >= 0.3 is 0 Å². The molecule has 0 spiro atoms. The van der Waals surface area contributed by atoms with Crippen LogP contribution in [0.3, 0.4) is 0 Å². The lowest BCUT2D eigenvalue weighted by Gasteiger charge is -2.21. The van der Waals surface area contributed by atoms with Crippen molar-refractivity contribution in [2.24, 2.45) is 5.84 Å². The maximum Gasteiger partial charge on any atom is 0.248 e. The standard InChI is InChI=1S/C40H78N4O4/c1-3-5-7-9-11-13-15-17-19-21-23-25-27-29-31-33-38(46)43-44(40(48)36-35-37(45)42-41)39(47)34-32-30-28-26-24-22-20-18-16-14-12-10-8-6-4-2/h3-36,41H2,1-2H3,(H,42,45)(H,43,46). The Morgan fingerprint density at radius 1 is 0.375 bits per heavy atom. The summed E-state index contributed by atoms with van der Waals surface area (Å²) in [6.45, 7) is 4.52. The number of amides is 4. The van der Waals surface area contributed by atoms with E-state index in [1.54, 1.807) is 0 Å². The van der Waals surface area contributed by atoms with Crippen LogP contribution >= 0.6 is 0 Å². The summed E-state index contributed by atoms with van der Waals surface area (Å²) >= 11 is 0. The molecule has 0 atom stereocenters. The van der Waals surface area contributed by atoms with E-state index in [-0.39, 0.29) is 31.6 Å². The smallest absolute Gasteiger partial charge is 0.248 e. The van der Waals surface area contributed by atoms with Crippen LogP contribution in [0.4, 0.5) is 0 Å². The van der Waals surface area contributed by atoms with Gasteiger partial charge in [0.2, 0.25) is 23.6 Å². The molecule has 4 N–H and O–H groups in total. The van der Waals surface area contributed by atoms with Gasteiger partial charge in [-0.25, -0.2) is 5.84 Å². The van der Waals surface area contributed by atoms with E-state index in [0.717, 1.165) is 43.5 Å². The van der Waals surface area contributed by atoms with Crippen LogP contribution in [0.5, 0.6) is 0 Å². The Morgan fingerprint density at radius 3 is 1.00 bits per heavy atom. The zero-order valence-electron chi connectivity index (χ0n) is 31.7. The first-order valence-corrected chi connectivity index (χ1v) is 20.6. The predicted molar refractivity (Wildman–Crippen MR) is 201 cm³/mol. The molecule has 0 unspecified atom stereocenters. The average molecular weight is 679 g/mol. The SMILES string of the molecule is CCCCCCCCCCCCCCCCCC(=O)NN(C(=O)CCCCCCCCCCCCCCCCC)C(=O)CCC(=O)NN. The van der Waals surface area contributed by atoms with Gasteiger partial charge in [0.15, 0.2) is 0 Å². The Kier molecular flexibility index (Phi) is 34.8. The molecule has 0 heterocycles. The van der Waals surface area contributed by atoms with Gasteiger partial charge in [0, 0.05) is 25.7 Å². The first-order chi connectivity index (χ1) is 23.5. The highest BCUT2D eigenvalue weighted by Crippen LogP contribution is 2.16. The van der Waals surface area contributed by atoms with Crippen LogP contribution < -0.4 is 16.7 Å². The highest BCUT2D eigenvalue weighted by atomic mass is 16.2. The second kappa shape index (κ2) is 36.3. The summed E-state index contributed by atoms with van der Waals surface area (Å²) in [5.74, 6) is 3.34. The van der Waals surface area contributed by atoms with E-state index in [9.17, 15) is 19.2 Å². The van der Waals surface area contributed by atoms with Crippen molar-refractivity contribution >= 4 is 23.6 Å². The summed E-state index contributed by atoms with van der Waals surface area (Å²) in [5, 5.41) is 0.848. The molecule has 0 aliphatic heterocycles. The van der Waals surface area contributed by atoms with Crippen molar-refractivity contribution in [3.05, 3.63) is 0 Å². The summed E-state index contributed by atoms with van der Waals surface area (Å²) in [4.78, 5) is 49.9. The molecule has 282 valence electrons. The van der Waals surface area contributed by atoms with E-state index >= 15 is 0 Å². The van der Waals surface area contributed by atoms with Gasteiger partial charge in [-0.2, -0.15) is 5.01 Å². The summed E-state index contributed by atoms with van der Waals surface area (Å²) in [6, 6.07) is 0. The van der Waals surface area contributed by atoms with Gasteiger partial charge in [-0.1, -0.05) is 194 Å². The lowest BCUT2D eigenvalue weighted by molar-refractivity contribution is -0.154. The molecule has 8 heteroatoms. The first kappa shape index (κ1) is 46.0. The van der Waals surface area contributed by atoms with E-state index in [0.29, 0.717) is 6.42 Å². The van der Waals surface area contributed by atoms with Gasteiger partial charge in [-0.05, 0) is 12.8 Å². The molecule has 0 aromatic carbocycles. The molecular weight excluding hydrogens is 600 g/mol. The monoisotopic (exact) mass is 679 g/mol. The van der Waals surface area contributed by atoms with Gasteiger partial charge in [0.25, 0.3) is 0 Å². The maximum atomic E-state index is 12.9. The van der Waals surface area contributed by atoms with Crippen LogP contribution in [-0.4, -0.2) is 28.6 Å². The third-order valence-corrected chi connectivity index (χ3v) is 9.46. The fraction of sp³-hybridized carbons (Fsp3) is 0.900. The minimum atomic E-state index is -0.575. The van der Waals surface area contributed by atoms with E-state index in [2.05, 4.69) is 19.3 Å². The van der Waals surface area contributed by atoms with E-state index in [4.69, 9.17) is 5.84 Å². The van der Waals surface area contributed by atoms with Crippen LogP contribution in [-0.2, 0) is 19.2 Å². The van der Waals surface area contributed by atoms with Gasteiger partial charge in [0.1, 0.15) is 0 Å². The molecule has 48 heavy (non-hydrogen) atoms. The van der Waals surface area contributed by atoms with E-state index < -0.39 is 17.7 Å². The fourth-order valence-corrected chi connectivity index (χ4v) is 6.27. The van der Waals surface area contributed by atoms with Crippen molar-refractivity contribution in [3.63, 3.8) is 0 Å². The Balaban J connectivity index is 4.11. The van der Waals surface area contributed by atoms with Crippen molar-refractivity contribution in [1.29, 1.82) is 0 Å². The van der Waals surface area contributed by atoms with Gasteiger partial charge in [-0.3, -0.25) is 30.0 Å². The molecule has 0 aromatic rings. The summed E-state index contributed by atoms with van der Waals surface area (Å²) < 4.78 is 0. The molecule has 8 nitrogen and oxygen atoms in total. The predicted octanol–water partition coefficient (Wildman–Crippen LogP) is 10.7. The number of unbranched alkanes of at least 4 members (excludes halogenated alkanes) is 28. The molecule has 0 rings (SSSR count). The van der Waals surface area contributed by atoms with Crippen LogP contribution in [0.2, 0.25) is 0 Å². The van der Waals surface area contributed by atoms with Crippen molar-refractivity contribution in [3.8, 4) is 0 Å². The highest BCUT2D eigenvalue weighted by molar-refractivity contribution is 5.98. The number of imide groups is 1. The van der Waals surface area contributed by atoms with Crippen molar-refractivity contribution < 1.29 is 19.2 Å². The van der Waals surface area contributed by atoms with Crippen LogP contribution in [0.1, 0.15) is 232 Å². The zero-order valence-corrected chi connectivity index (χ0v) is 31.7. The number of carbonyl (C=O) groups is 4. The van der Waals surface area contributed by atoms with Crippen molar-refractivity contribution in [2.45, 2.75) is 232 Å². The number of hydrogen-bond donors (Lipinski definition) is 3. The largest absolute Gasteiger partial charge is 0.294 e. The number of nitrogens with one attached hydrogen (secondary N) is 2. The van der Waals surface area contributed by atoms with Crippen LogP contribution in [0, 0.1) is 0 Å². The number of hydrazine groups is 2. The number of nitrogens with two attached hydrogens (primary N) is 1. The zero-order chi connectivity index (χ0) is 35.3. The Morgan fingerprint density at radius 2 is 0.667 bits per heavy atom. The number of hydrogen-bond acceptors (Lipinski definition) is 5. The molecular formula is C40H78N4O4. The van der Waals surface area contributed by atoms with Crippen LogP contribution in [0.25, 0.3) is 0 Å².